The molecular weight excluding hydrogens is 436 g/mol. The van der Waals surface area contributed by atoms with Crippen molar-refractivity contribution in [1.82, 2.24) is 5.32 Å². The fraction of sp³-hybridized carbons (Fsp3) is 0.115. The van der Waals surface area contributed by atoms with Crippen LogP contribution in [0.2, 0.25) is 0 Å². The Morgan fingerprint density at radius 1 is 0.818 bits per heavy atom. The van der Waals surface area contributed by atoms with Gasteiger partial charge in [-0.05, 0) is 52.7 Å². The van der Waals surface area contributed by atoms with Gasteiger partial charge in [0.25, 0.3) is 0 Å². The van der Waals surface area contributed by atoms with Crippen molar-refractivity contribution in [2.24, 2.45) is 0 Å². The number of ether oxygens (including phenoxy) is 1. The van der Waals surface area contributed by atoms with Crippen LogP contribution in [0.15, 0.2) is 97.1 Å². The van der Waals surface area contributed by atoms with Gasteiger partial charge >= 0.3 is 0 Å². The molecular formula is C26H24N2O4S. The summed E-state index contributed by atoms with van der Waals surface area (Å²) in [6.45, 7) is -0.00979. The normalized spacial score (nSPS) is 11.2. The highest BCUT2D eigenvalue weighted by Gasteiger charge is 2.21. The van der Waals surface area contributed by atoms with E-state index in [9.17, 15) is 13.2 Å². The molecule has 0 aliphatic carbocycles. The average Bonchev–Trinajstić information content (AvgIpc) is 2.82. The van der Waals surface area contributed by atoms with Gasteiger partial charge in [-0.15, -0.1) is 0 Å². The molecule has 0 aliphatic rings. The van der Waals surface area contributed by atoms with Crippen LogP contribution < -0.4 is 14.4 Å². The van der Waals surface area contributed by atoms with Crippen molar-refractivity contribution in [3.05, 3.63) is 103 Å². The number of anilines is 1. The van der Waals surface area contributed by atoms with E-state index in [1.807, 2.05) is 72.8 Å². The lowest BCUT2D eigenvalue weighted by molar-refractivity contribution is -0.119. The maximum absolute atomic E-state index is 12.6. The molecule has 168 valence electrons. The highest BCUT2D eigenvalue weighted by molar-refractivity contribution is 7.92. The van der Waals surface area contributed by atoms with E-state index in [1.54, 1.807) is 24.3 Å². The second kappa shape index (κ2) is 9.75. The highest BCUT2D eigenvalue weighted by atomic mass is 32.2. The molecule has 4 rings (SSSR count). The van der Waals surface area contributed by atoms with E-state index in [0.29, 0.717) is 23.7 Å². The van der Waals surface area contributed by atoms with Crippen LogP contribution in [0.4, 0.5) is 5.69 Å². The van der Waals surface area contributed by atoms with Crippen molar-refractivity contribution in [3.63, 3.8) is 0 Å². The number of carbonyl (C=O) groups is 1. The predicted octanol–water partition coefficient (Wildman–Crippen LogP) is 4.71. The Hall–Kier alpha value is -3.84. The zero-order chi connectivity index (χ0) is 23.3. The van der Waals surface area contributed by atoms with Crippen LogP contribution in [0, 0.1) is 0 Å². The first-order chi connectivity index (χ1) is 15.9. The van der Waals surface area contributed by atoms with Crippen molar-refractivity contribution in [1.29, 1.82) is 0 Å². The Balaban J connectivity index is 1.45. The number of hydrogen-bond donors (Lipinski definition) is 1. The van der Waals surface area contributed by atoms with Gasteiger partial charge in [-0.1, -0.05) is 60.7 Å². The molecule has 0 saturated heterocycles. The number of hydrogen-bond acceptors (Lipinski definition) is 4. The largest absolute Gasteiger partial charge is 0.457 e. The van der Waals surface area contributed by atoms with Gasteiger partial charge in [0.15, 0.2) is 0 Å². The maximum atomic E-state index is 12.6. The van der Waals surface area contributed by atoms with Crippen molar-refractivity contribution in [3.8, 4) is 11.5 Å². The fourth-order valence-electron chi connectivity index (χ4n) is 3.53. The molecule has 4 aromatic carbocycles. The number of nitrogens with one attached hydrogen (secondary N) is 1. The number of carbonyl (C=O) groups excluding carboxylic acids is 1. The second-order valence-corrected chi connectivity index (χ2v) is 9.50. The van der Waals surface area contributed by atoms with Crippen LogP contribution in [-0.4, -0.2) is 27.1 Å². The van der Waals surface area contributed by atoms with Crippen LogP contribution >= 0.6 is 0 Å². The standard InChI is InChI=1S/C26H24N2O4S/c1-33(30,31)28(22-14-16-24(17-15-22)32-23-11-3-2-4-12-23)19-26(29)27-18-21-10-7-9-20-8-5-6-13-25(20)21/h2-17H,18-19H2,1H3,(H,27,29). The molecule has 0 aliphatic heterocycles. The van der Waals surface area contributed by atoms with Gasteiger partial charge in [0.05, 0.1) is 11.9 Å². The summed E-state index contributed by atoms with van der Waals surface area (Å²) in [5.41, 5.74) is 1.35. The monoisotopic (exact) mass is 460 g/mol. The van der Waals surface area contributed by atoms with E-state index < -0.39 is 15.9 Å². The molecule has 1 amide bonds. The maximum Gasteiger partial charge on any atom is 0.241 e. The van der Waals surface area contributed by atoms with Crippen LogP contribution in [0.3, 0.4) is 0 Å². The summed E-state index contributed by atoms with van der Waals surface area (Å²) in [5, 5.41) is 4.97. The smallest absolute Gasteiger partial charge is 0.241 e. The summed E-state index contributed by atoms with van der Waals surface area (Å²) < 4.78 is 31.7. The van der Waals surface area contributed by atoms with Crippen LogP contribution in [-0.2, 0) is 21.4 Å². The molecule has 6 nitrogen and oxygen atoms in total. The first-order valence-electron chi connectivity index (χ1n) is 10.4. The average molecular weight is 461 g/mol. The van der Waals surface area contributed by atoms with E-state index in [2.05, 4.69) is 5.32 Å². The minimum atomic E-state index is -3.67. The van der Waals surface area contributed by atoms with Crippen molar-refractivity contribution in [2.75, 3.05) is 17.1 Å². The Bertz CT molecular complexity index is 1350. The van der Waals surface area contributed by atoms with E-state index in [4.69, 9.17) is 4.74 Å². The summed E-state index contributed by atoms with van der Waals surface area (Å²) in [4.78, 5) is 12.6. The first-order valence-corrected chi connectivity index (χ1v) is 12.3. The summed E-state index contributed by atoms with van der Waals surface area (Å²) >= 11 is 0. The Labute approximate surface area is 193 Å². The molecule has 4 aromatic rings. The lowest BCUT2D eigenvalue weighted by Gasteiger charge is -2.22. The van der Waals surface area contributed by atoms with Gasteiger partial charge in [0.2, 0.25) is 15.9 Å². The number of para-hydroxylation sites is 1. The number of benzene rings is 4. The van der Waals surface area contributed by atoms with E-state index in [0.717, 1.165) is 26.9 Å². The molecule has 0 fully saturated rings. The summed E-state index contributed by atoms with van der Waals surface area (Å²) in [7, 11) is -3.67. The molecule has 0 aromatic heterocycles. The highest BCUT2D eigenvalue weighted by Crippen LogP contribution is 2.25. The molecule has 7 heteroatoms. The van der Waals surface area contributed by atoms with Gasteiger partial charge in [-0.3, -0.25) is 9.10 Å². The number of nitrogens with zero attached hydrogens (tertiary/aromatic N) is 1. The summed E-state index contributed by atoms with van der Waals surface area (Å²) in [6.07, 6.45) is 1.08. The minimum absolute atomic E-state index is 0.307. The van der Waals surface area contributed by atoms with Crippen LogP contribution in [0.1, 0.15) is 5.56 Å². The van der Waals surface area contributed by atoms with Gasteiger partial charge in [-0.25, -0.2) is 8.42 Å². The van der Waals surface area contributed by atoms with Crippen LogP contribution in [0.25, 0.3) is 10.8 Å². The van der Waals surface area contributed by atoms with Crippen LogP contribution in [0.5, 0.6) is 11.5 Å². The number of fused-ring (bicyclic) bond motifs is 1. The SMILES string of the molecule is CS(=O)(=O)N(CC(=O)NCc1cccc2ccccc12)c1ccc(Oc2ccccc2)cc1. The van der Waals surface area contributed by atoms with E-state index >= 15 is 0 Å². The predicted molar refractivity (Wildman–Crippen MR) is 131 cm³/mol. The number of rotatable bonds is 8. The lowest BCUT2D eigenvalue weighted by atomic mass is 10.0. The Kier molecular flexibility index (Phi) is 6.60. The van der Waals surface area contributed by atoms with Crippen molar-refractivity contribution < 1.29 is 17.9 Å². The van der Waals surface area contributed by atoms with Gasteiger partial charge in [-0.2, -0.15) is 0 Å². The Morgan fingerprint density at radius 3 is 2.18 bits per heavy atom. The molecule has 0 radical (unpaired) electrons. The molecule has 0 saturated carbocycles. The number of sulfonamides is 1. The zero-order valence-electron chi connectivity index (χ0n) is 18.1. The van der Waals surface area contributed by atoms with E-state index in [1.165, 1.54) is 0 Å². The van der Waals surface area contributed by atoms with Gasteiger partial charge in [0, 0.05) is 6.54 Å². The van der Waals surface area contributed by atoms with E-state index in [-0.39, 0.29) is 6.54 Å². The molecule has 1 N–H and O–H groups in total. The molecule has 0 bridgehead atoms. The van der Waals surface area contributed by atoms with Gasteiger partial charge in [0.1, 0.15) is 18.0 Å². The summed E-state index contributed by atoms with van der Waals surface area (Å²) in [6, 6.07) is 29.7. The molecule has 0 atom stereocenters. The molecule has 0 spiro atoms. The van der Waals surface area contributed by atoms with Crippen molar-refractivity contribution >= 4 is 32.4 Å². The number of amides is 1. The minimum Gasteiger partial charge on any atom is -0.457 e. The third-order valence-electron chi connectivity index (χ3n) is 5.15. The quantitative estimate of drug-likeness (QED) is 0.413. The second-order valence-electron chi connectivity index (χ2n) is 7.59. The third kappa shape index (κ3) is 5.70. The molecule has 33 heavy (non-hydrogen) atoms. The topological polar surface area (TPSA) is 75.7 Å². The summed E-state index contributed by atoms with van der Waals surface area (Å²) in [5.74, 6) is 0.856. The molecule has 0 unspecified atom stereocenters. The first kappa shape index (κ1) is 22.4. The van der Waals surface area contributed by atoms with Crippen molar-refractivity contribution in [2.45, 2.75) is 6.54 Å². The van der Waals surface area contributed by atoms with Gasteiger partial charge < -0.3 is 10.1 Å². The zero-order valence-corrected chi connectivity index (χ0v) is 19.0. The lowest BCUT2D eigenvalue weighted by Crippen LogP contribution is -2.40. The fourth-order valence-corrected chi connectivity index (χ4v) is 4.39. The molecule has 0 heterocycles. The third-order valence-corrected chi connectivity index (χ3v) is 6.29. The Morgan fingerprint density at radius 2 is 1.45 bits per heavy atom.